The van der Waals surface area contributed by atoms with Crippen LogP contribution in [0, 0.1) is 0 Å². The average molecular weight is 542 g/mol. The minimum absolute atomic E-state index is 0.0839. The van der Waals surface area contributed by atoms with E-state index in [0.717, 1.165) is 18.4 Å². The fourth-order valence-electron chi connectivity index (χ4n) is 4.43. The first-order valence-electron chi connectivity index (χ1n) is 12.2. The van der Waals surface area contributed by atoms with Crippen molar-refractivity contribution in [2.45, 2.75) is 48.4 Å². The van der Waals surface area contributed by atoms with E-state index < -0.39 is 9.84 Å². The lowest BCUT2D eigenvalue weighted by molar-refractivity contribution is 0.221. The second kappa shape index (κ2) is 12.0. The molecule has 2 heterocycles. The average Bonchev–Trinajstić information content (AvgIpc) is 2.89. The van der Waals surface area contributed by atoms with Crippen molar-refractivity contribution >= 4 is 39.5 Å². The summed E-state index contributed by atoms with van der Waals surface area (Å²) in [4.78, 5) is 15.7. The second-order valence-corrected chi connectivity index (χ2v) is 11.7. The Morgan fingerprint density at radius 1 is 1.05 bits per heavy atom. The molecule has 3 aromatic rings. The van der Waals surface area contributed by atoms with Crippen molar-refractivity contribution in [3.05, 3.63) is 70.6 Å². The summed E-state index contributed by atoms with van der Waals surface area (Å²) in [5.41, 5.74) is 1.91. The Balaban J connectivity index is 1.39. The Morgan fingerprint density at radius 2 is 1.76 bits per heavy atom. The van der Waals surface area contributed by atoms with Gasteiger partial charge in [0.05, 0.1) is 28.5 Å². The van der Waals surface area contributed by atoms with Crippen LogP contribution in [0.15, 0.2) is 53.7 Å². The maximum absolute atomic E-state index is 12.8. The third-order valence-corrected chi connectivity index (χ3v) is 8.68. The molecule has 10 heteroatoms. The Hall–Kier alpha value is -3.01. The van der Waals surface area contributed by atoms with Gasteiger partial charge in [0.2, 0.25) is 11.8 Å². The maximum Gasteiger partial charge on any atom is 0.222 e. The van der Waals surface area contributed by atoms with Crippen molar-refractivity contribution in [2.75, 3.05) is 26.5 Å². The van der Waals surface area contributed by atoms with Crippen molar-refractivity contribution < 1.29 is 13.2 Å². The number of aromatic nitrogens is 3. The van der Waals surface area contributed by atoms with Gasteiger partial charge >= 0.3 is 0 Å². The van der Waals surface area contributed by atoms with E-state index in [1.54, 1.807) is 42.7 Å². The smallest absolute Gasteiger partial charge is 0.222 e. The first-order valence-corrected chi connectivity index (χ1v) is 14.2. The molecule has 8 nitrogen and oxygen atoms in total. The number of methoxy groups -OCH3 is 1. The zero-order valence-corrected chi connectivity index (χ0v) is 22.8. The molecule has 2 aromatic heterocycles. The summed E-state index contributed by atoms with van der Waals surface area (Å²) in [7, 11) is 2.13. The van der Waals surface area contributed by atoms with Gasteiger partial charge in [0.15, 0.2) is 9.84 Å². The van der Waals surface area contributed by atoms with Gasteiger partial charge < -0.3 is 15.0 Å². The highest BCUT2D eigenvalue weighted by atomic mass is 35.5. The molecule has 1 aliphatic rings. The van der Waals surface area contributed by atoms with E-state index in [1.165, 1.54) is 26.0 Å². The molecule has 196 valence electrons. The fourth-order valence-corrected chi connectivity index (χ4v) is 6.28. The van der Waals surface area contributed by atoms with E-state index in [0.29, 0.717) is 35.2 Å². The molecule has 0 radical (unpaired) electrons. The zero-order valence-electron chi connectivity index (χ0n) is 21.3. The summed E-state index contributed by atoms with van der Waals surface area (Å²) < 4.78 is 31.0. The van der Waals surface area contributed by atoms with Gasteiger partial charge in [-0.1, -0.05) is 29.8 Å². The van der Waals surface area contributed by atoms with Crippen LogP contribution in [-0.2, 0) is 15.6 Å². The number of sulfone groups is 1. The lowest BCUT2D eigenvalue weighted by Crippen LogP contribution is -2.36. The molecule has 1 N–H and O–H groups in total. The molecular weight excluding hydrogens is 510 g/mol. The van der Waals surface area contributed by atoms with Gasteiger partial charge in [0.1, 0.15) is 0 Å². The van der Waals surface area contributed by atoms with E-state index in [9.17, 15) is 8.42 Å². The van der Waals surface area contributed by atoms with Gasteiger partial charge in [-0.3, -0.25) is 0 Å². The van der Waals surface area contributed by atoms with Crippen LogP contribution in [0.1, 0.15) is 42.5 Å². The predicted octanol–water partition coefficient (Wildman–Crippen LogP) is 4.96. The van der Waals surface area contributed by atoms with Crippen LogP contribution in [0.5, 0.6) is 5.88 Å². The van der Waals surface area contributed by atoms with Crippen LogP contribution < -0.4 is 10.1 Å². The van der Waals surface area contributed by atoms with Gasteiger partial charge in [-0.25, -0.2) is 23.4 Å². The van der Waals surface area contributed by atoms with Crippen LogP contribution in [0.4, 0.5) is 5.95 Å². The number of benzene rings is 1. The summed E-state index contributed by atoms with van der Waals surface area (Å²) >= 11 is 6.08. The summed E-state index contributed by atoms with van der Waals surface area (Å²) in [5, 5.41) is 3.64. The first-order chi connectivity index (χ1) is 17.7. The van der Waals surface area contributed by atoms with E-state index in [2.05, 4.69) is 39.3 Å². The molecule has 1 aliphatic carbocycles. The standard InChI is InChI=1S/C27H32ClN5O3S/c1-33(2)23-14-12-21(13-15-23)32-27-29-16-19(17-30-27)8-9-20-10-11-22(31-26(20)36-3)18-37(34,35)25-7-5-4-6-24(25)28/h4-11,16-17,21,23H,12-15,18H2,1-3H3,(H,29,30,32)/b9-8+. The number of halogens is 1. The lowest BCUT2D eigenvalue weighted by atomic mass is 9.91. The number of hydrogen-bond donors (Lipinski definition) is 1. The normalized spacial score (nSPS) is 18.3. The Labute approximate surface area is 223 Å². The summed E-state index contributed by atoms with van der Waals surface area (Å²) in [6.45, 7) is 0. The van der Waals surface area contributed by atoms with Gasteiger partial charge in [0, 0.05) is 35.6 Å². The number of rotatable bonds is 9. The summed E-state index contributed by atoms with van der Waals surface area (Å²) in [5.74, 6) is 0.681. The number of nitrogens with one attached hydrogen (secondary N) is 1. The molecule has 1 saturated carbocycles. The first kappa shape index (κ1) is 27.0. The topological polar surface area (TPSA) is 97.3 Å². The minimum atomic E-state index is -3.65. The predicted molar refractivity (Wildman–Crippen MR) is 147 cm³/mol. The Bertz CT molecular complexity index is 1340. The second-order valence-electron chi connectivity index (χ2n) is 9.38. The van der Waals surface area contributed by atoms with Gasteiger partial charge in [-0.2, -0.15) is 0 Å². The van der Waals surface area contributed by atoms with E-state index in [-0.39, 0.29) is 15.7 Å². The van der Waals surface area contributed by atoms with Crippen molar-refractivity contribution in [3.8, 4) is 5.88 Å². The molecular formula is C27H32ClN5O3S. The number of pyridine rings is 1. The fraction of sp³-hybridized carbons (Fsp3) is 0.370. The van der Waals surface area contributed by atoms with Crippen LogP contribution in [0.2, 0.25) is 5.02 Å². The quantitative estimate of drug-likeness (QED) is 0.406. The summed E-state index contributed by atoms with van der Waals surface area (Å²) in [6.07, 6.45) is 11.8. The van der Waals surface area contributed by atoms with Crippen molar-refractivity contribution in [2.24, 2.45) is 0 Å². The van der Waals surface area contributed by atoms with Crippen LogP contribution in [-0.4, -0.2) is 61.6 Å². The van der Waals surface area contributed by atoms with Crippen molar-refractivity contribution in [1.29, 1.82) is 0 Å². The molecule has 4 rings (SSSR count). The number of hydrogen-bond acceptors (Lipinski definition) is 8. The Morgan fingerprint density at radius 3 is 2.41 bits per heavy atom. The molecule has 0 bridgehead atoms. The number of anilines is 1. The van der Waals surface area contributed by atoms with Crippen LogP contribution >= 0.6 is 11.6 Å². The van der Waals surface area contributed by atoms with Gasteiger partial charge in [-0.05, 0) is 70.1 Å². The van der Waals surface area contributed by atoms with Crippen molar-refractivity contribution in [3.63, 3.8) is 0 Å². The molecule has 37 heavy (non-hydrogen) atoms. The molecule has 1 fully saturated rings. The molecule has 0 atom stereocenters. The molecule has 1 aromatic carbocycles. The third kappa shape index (κ3) is 7.06. The van der Waals surface area contributed by atoms with E-state index in [1.807, 2.05) is 12.2 Å². The maximum atomic E-state index is 12.8. The van der Waals surface area contributed by atoms with Crippen LogP contribution in [0.3, 0.4) is 0 Å². The van der Waals surface area contributed by atoms with E-state index in [4.69, 9.17) is 16.3 Å². The van der Waals surface area contributed by atoms with Gasteiger partial charge in [-0.15, -0.1) is 0 Å². The third-order valence-electron chi connectivity index (χ3n) is 6.54. The zero-order chi connectivity index (χ0) is 26.4. The number of nitrogens with zero attached hydrogens (tertiary/aromatic N) is 4. The highest BCUT2D eigenvalue weighted by Crippen LogP contribution is 2.26. The lowest BCUT2D eigenvalue weighted by Gasteiger charge is -2.32. The van der Waals surface area contributed by atoms with Gasteiger partial charge in [0.25, 0.3) is 0 Å². The minimum Gasteiger partial charge on any atom is -0.481 e. The Kier molecular flexibility index (Phi) is 8.79. The molecule has 0 amide bonds. The van der Waals surface area contributed by atoms with Crippen LogP contribution in [0.25, 0.3) is 12.2 Å². The summed E-state index contributed by atoms with van der Waals surface area (Å²) in [6, 6.07) is 10.9. The highest BCUT2D eigenvalue weighted by Gasteiger charge is 2.23. The molecule has 0 saturated heterocycles. The SMILES string of the molecule is COc1nc(CS(=O)(=O)c2ccccc2Cl)ccc1/C=C/c1cnc(NC2CCC(N(C)C)CC2)nc1. The number of ether oxygens (including phenoxy) is 1. The monoisotopic (exact) mass is 541 g/mol. The van der Waals surface area contributed by atoms with E-state index >= 15 is 0 Å². The molecule has 0 unspecified atom stereocenters. The largest absolute Gasteiger partial charge is 0.481 e. The molecule has 0 spiro atoms. The van der Waals surface area contributed by atoms with Crippen molar-refractivity contribution in [1.82, 2.24) is 19.9 Å². The highest BCUT2D eigenvalue weighted by molar-refractivity contribution is 7.90. The molecule has 0 aliphatic heterocycles.